The van der Waals surface area contributed by atoms with Crippen molar-refractivity contribution in [2.75, 3.05) is 32.6 Å². The summed E-state index contributed by atoms with van der Waals surface area (Å²) in [7, 11) is -1.40. The molecule has 1 saturated heterocycles. The molecule has 1 aromatic heterocycles. The lowest BCUT2D eigenvalue weighted by molar-refractivity contribution is 0.0713. The maximum atomic E-state index is 14.6. The summed E-state index contributed by atoms with van der Waals surface area (Å²) in [6, 6.07) is 23.9. The monoisotopic (exact) mass is 780 g/mol. The first-order valence-electron chi connectivity index (χ1n) is 16.7. The first kappa shape index (κ1) is 38.0. The van der Waals surface area contributed by atoms with E-state index in [0.29, 0.717) is 48.6 Å². The Balaban J connectivity index is 1.37. The van der Waals surface area contributed by atoms with Gasteiger partial charge in [0.15, 0.2) is 5.03 Å². The highest BCUT2D eigenvalue weighted by molar-refractivity contribution is 7.89. The van der Waals surface area contributed by atoms with E-state index in [9.17, 15) is 22.0 Å². The van der Waals surface area contributed by atoms with E-state index in [-0.39, 0.29) is 51.8 Å². The van der Waals surface area contributed by atoms with E-state index in [1.54, 1.807) is 65.6 Å². The predicted molar refractivity (Wildman–Crippen MR) is 201 cm³/mol. The van der Waals surface area contributed by atoms with Gasteiger partial charge in [-0.1, -0.05) is 59.6 Å². The van der Waals surface area contributed by atoms with Gasteiger partial charge in [-0.15, -0.1) is 0 Å². The number of nitrogens with zero attached hydrogens (tertiary/aromatic N) is 3. The second-order valence-electron chi connectivity index (χ2n) is 12.5. The Bertz CT molecular complexity index is 2130. The second kappa shape index (κ2) is 16.5. The number of pyridine rings is 1. The van der Waals surface area contributed by atoms with Crippen molar-refractivity contribution in [1.29, 1.82) is 0 Å². The van der Waals surface area contributed by atoms with Gasteiger partial charge in [-0.3, -0.25) is 4.79 Å². The number of likely N-dealkylation sites (tertiary alicyclic amines) is 1. The minimum Gasteiger partial charge on any atom is -0.497 e. The standard InChI is InChI=1S/C39H36Cl2F2N4O5S/c1-51-31-12-3-25(4-13-31)23-47(24-26-5-14-32(52-2)15-6-26)53(49,50)38-36(41)37(45-35-21-30(43)11-16-34(35)40)33(22-44-38)39(48)46-19-17-28(18-20-46)27-7-9-29(42)10-8-27/h3-16,21-22,28H,17-20,23-24H2,1-2H3,(H,44,45). The Morgan fingerprint density at radius 1 is 0.849 bits per heavy atom. The van der Waals surface area contributed by atoms with E-state index in [2.05, 4.69) is 10.3 Å². The molecule has 0 atom stereocenters. The third-order valence-corrected chi connectivity index (χ3v) is 11.7. The van der Waals surface area contributed by atoms with Crippen LogP contribution in [0.4, 0.5) is 20.2 Å². The molecule has 0 aliphatic carbocycles. The van der Waals surface area contributed by atoms with Gasteiger partial charge in [0, 0.05) is 32.4 Å². The molecular formula is C39H36Cl2F2N4O5S. The highest BCUT2D eigenvalue weighted by atomic mass is 35.5. The minimum absolute atomic E-state index is 0.0219. The summed E-state index contributed by atoms with van der Waals surface area (Å²) in [5.74, 6) is -0.0522. The third-order valence-electron chi connectivity index (χ3n) is 9.15. The zero-order chi connectivity index (χ0) is 37.7. The number of carbonyl (C=O) groups is 1. The molecule has 0 unspecified atom stereocenters. The van der Waals surface area contributed by atoms with Gasteiger partial charge >= 0.3 is 0 Å². The molecular weight excluding hydrogens is 745 g/mol. The quantitative estimate of drug-likeness (QED) is 0.135. The van der Waals surface area contributed by atoms with E-state index in [0.717, 1.165) is 11.6 Å². The topological polar surface area (TPSA) is 101 Å². The fraction of sp³-hybridized carbons (Fsp3) is 0.231. The number of carbonyl (C=O) groups excluding carboxylic acids is 1. The molecule has 0 spiro atoms. The van der Waals surface area contributed by atoms with Crippen molar-refractivity contribution in [2.45, 2.75) is 36.9 Å². The maximum absolute atomic E-state index is 14.6. The molecule has 5 aromatic rings. The number of sulfonamides is 1. The van der Waals surface area contributed by atoms with Crippen LogP contribution in [0.15, 0.2) is 102 Å². The van der Waals surface area contributed by atoms with Crippen LogP contribution in [0.5, 0.6) is 11.5 Å². The molecule has 1 amide bonds. The number of hydrogen-bond acceptors (Lipinski definition) is 7. The molecule has 9 nitrogen and oxygen atoms in total. The normalized spacial score (nSPS) is 13.6. The number of nitrogens with one attached hydrogen (secondary N) is 1. The number of amides is 1. The Kier molecular flexibility index (Phi) is 11.8. The van der Waals surface area contributed by atoms with Gasteiger partial charge in [0.05, 0.1) is 36.2 Å². The van der Waals surface area contributed by atoms with Crippen LogP contribution in [0.3, 0.4) is 0 Å². The summed E-state index contributed by atoms with van der Waals surface area (Å²) in [4.78, 5) is 20.1. The van der Waals surface area contributed by atoms with Crippen LogP contribution in [0.1, 0.15) is 45.8 Å². The summed E-state index contributed by atoms with van der Waals surface area (Å²) in [6.45, 7) is 0.628. The SMILES string of the molecule is COc1ccc(CN(Cc2ccc(OC)cc2)S(=O)(=O)c2ncc(C(=O)N3CCC(c4ccc(F)cc4)CC3)c(Nc3cc(F)ccc3Cl)c2Cl)cc1. The zero-order valence-electron chi connectivity index (χ0n) is 28.9. The molecule has 4 aromatic carbocycles. The van der Waals surface area contributed by atoms with Crippen molar-refractivity contribution < 1.29 is 31.5 Å². The number of hydrogen-bond donors (Lipinski definition) is 1. The minimum atomic E-state index is -4.47. The van der Waals surface area contributed by atoms with Gasteiger partial charge in [0.2, 0.25) is 0 Å². The Hall–Kier alpha value is -4.75. The van der Waals surface area contributed by atoms with Crippen molar-refractivity contribution in [3.05, 3.63) is 141 Å². The summed E-state index contributed by atoms with van der Waals surface area (Å²) in [5, 5.41) is 2.18. The van der Waals surface area contributed by atoms with Crippen molar-refractivity contribution >= 4 is 50.5 Å². The van der Waals surface area contributed by atoms with Gasteiger partial charge in [-0.25, -0.2) is 22.2 Å². The lowest BCUT2D eigenvalue weighted by atomic mass is 9.89. The second-order valence-corrected chi connectivity index (χ2v) is 15.1. The summed E-state index contributed by atoms with van der Waals surface area (Å²) in [6.07, 6.45) is 2.41. The number of halogens is 4. The number of anilines is 2. The highest BCUT2D eigenvalue weighted by Gasteiger charge is 2.34. The largest absolute Gasteiger partial charge is 0.497 e. The van der Waals surface area contributed by atoms with Crippen molar-refractivity contribution in [1.82, 2.24) is 14.2 Å². The Labute approximate surface area is 317 Å². The molecule has 0 radical (unpaired) electrons. The molecule has 1 aliphatic rings. The molecule has 53 heavy (non-hydrogen) atoms. The first-order valence-corrected chi connectivity index (χ1v) is 18.9. The molecule has 1 aliphatic heterocycles. The Morgan fingerprint density at radius 3 is 1.94 bits per heavy atom. The maximum Gasteiger partial charge on any atom is 0.262 e. The van der Waals surface area contributed by atoms with Crippen molar-refractivity contribution in [2.24, 2.45) is 0 Å². The number of piperidine rings is 1. The molecule has 1 N–H and O–H groups in total. The molecule has 2 heterocycles. The van der Waals surface area contributed by atoms with Gasteiger partial charge in [0.1, 0.15) is 28.2 Å². The highest BCUT2D eigenvalue weighted by Crippen LogP contribution is 2.39. The third kappa shape index (κ3) is 8.73. The van der Waals surface area contributed by atoms with Crippen LogP contribution in [-0.4, -0.2) is 55.8 Å². The first-order chi connectivity index (χ1) is 25.5. The smallest absolute Gasteiger partial charge is 0.262 e. The molecule has 0 saturated carbocycles. The lowest BCUT2D eigenvalue weighted by Crippen LogP contribution is -2.38. The Morgan fingerprint density at radius 2 is 1.40 bits per heavy atom. The van der Waals surface area contributed by atoms with Crippen molar-refractivity contribution in [3.63, 3.8) is 0 Å². The molecule has 1 fully saturated rings. The molecule has 6 rings (SSSR count). The zero-order valence-corrected chi connectivity index (χ0v) is 31.2. The average molecular weight is 782 g/mol. The lowest BCUT2D eigenvalue weighted by Gasteiger charge is -2.33. The van der Waals surface area contributed by atoms with Crippen LogP contribution >= 0.6 is 23.2 Å². The fourth-order valence-electron chi connectivity index (χ4n) is 6.20. The van der Waals surface area contributed by atoms with E-state index in [1.165, 1.54) is 49.0 Å². The van der Waals surface area contributed by atoms with Crippen LogP contribution in [-0.2, 0) is 23.1 Å². The van der Waals surface area contributed by atoms with E-state index >= 15 is 0 Å². The summed E-state index contributed by atoms with van der Waals surface area (Å²) in [5.41, 5.74) is 2.27. The number of methoxy groups -OCH3 is 2. The van der Waals surface area contributed by atoms with E-state index in [4.69, 9.17) is 32.7 Å². The van der Waals surface area contributed by atoms with Gasteiger partial charge in [-0.2, -0.15) is 4.31 Å². The number of ether oxygens (including phenoxy) is 2. The summed E-state index contributed by atoms with van der Waals surface area (Å²) >= 11 is 13.4. The van der Waals surface area contributed by atoms with Gasteiger partial charge in [-0.05, 0) is 90.0 Å². The van der Waals surface area contributed by atoms with E-state index in [1.807, 2.05) is 0 Å². The van der Waals surface area contributed by atoms with Crippen molar-refractivity contribution in [3.8, 4) is 11.5 Å². The van der Waals surface area contributed by atoms with Crippen LogP contribution < -0.4 is 14.8 Å². The van der Waals surface area contributed by atoms with E-state index < -0.39 is 26.8 Å². The molecule has 0 bridgehead atoms. The fourth-order valence-corrected chi connectivity index (χ4v) is 8.25. The van der Waals surface area contributed by atoms with Crippen LogP contribution in [0.25, 0.3) is 0 Å². The average Bonchev–Trinajstić information content (AvgIpc) is 3.17. The number of aromatic nitrogens is 1. The molecule has 276 valence electrons. The molecule has 14 heteroatoms. The van der Waals surface area contributed by atoms with Gasteiger partial charge < -0.3 is 19.7 Å². The van der Waals surface area contributed by atoms with Gasteiger partial charge in [0.25, 0.3) is 15.9 Å². The number of benzene rings is 4. The van der Waals surface area contributed by atoms with Crippen LogP contribution in [0.2, 0.25) is 10.0 Å². The summed E-state index contributed by atoms with van der Waals surface area (Å²) < 4.78 is 68.9. The number of rotatable bonds is 12. The predicted octanol–water partition coefficient (Wildman–Crippen LogP) is 8.84. The van der Waals surface area contributed by atoms with Crippen LogP contribution in [0, 0.1) is 11.6 Å².